The van der Waals surface area contributed by atoms with Crippen LogP contribution < -0.4 is 14.8 Å². The summed E-state index contributed by atoms with van der Waals surface area (Å²) in [6.45, 7) is 5.75. The maximum Gasteiger partial charge on any atom is 0.257 e. The third-order valence-electron chi connectivity index (χ3n) is 2.83. The minimum atomic E-state index is -0.333. The third-order valence-corrected chi connectivity index (χ3v) is 4.10. The molecule has 0 atom stereocenters. The standard InChI is InChI=1S/C15H18ClN3O3S/c1-5-12-18-19-15(23-12)17-14(20)9-6-10(16)13(22-8(2)3)11(7-9)21-4/h6-8H,5H2,1-4H3,(H,17,19,20). The second-order valence-corrected chi connectivity index (χ2v) is 6.43. The van der Waals surface area contributed by atoms with Crippen LogP contribution in [-0.4, -0.2) is 29.3 Å². The Hall–Kier alpha value is -1.86. The zero-order valence-corrected chi connectivity index (χ0v) is 14.9. The third kappa shape index (κ3) is 4.33. The first-order chi connectivity index (χ1) is 10.9. The van der Waals surface area contributed by atoms with Crippen molar-refractivity contribution in [3.63, 3.8) is 0 Å². The minimum absolute atomic E-state index is 0.0602. The summed E-state index contributed by atoms with van der Waals surface area (Å²) in [5, 5.41) is 12.2. The Balaban J connectivity index is 2.24. The molecule has 1 aromatic heterocycles. The summed E-state index contributed by atoms with van der Waals surface area (Å²) in [7, 11) is 1.50. The summed E-state index contributed by atoms with van der Waals surface area (Å²) in [5.41, 5.74) is 0.358. The topological polar surface area (TPSA) is 73.3 Å². The summed E-state index contributed by atoms with van der Waals surface area (Å²) in [6.07, 6.45) is 0.712. The molecule has 0 unspecified atom stereocenters. The van der Waals surface area contributed by atoms with Crippen LogP contribution in [0.4, 0.5) is 5.13 Å². The van der Waals surface area contributed by atoms with Crippen LogP contribution in [0, 0.1) is 0 Å². The molecule has 0 saturated heterocycles. The largest absolute Gasteiger partial charge is 0.493 e. The van der Waals surface area contributed by atoms with Gasteiger partial charge in [-0.05, 0) is 32.4 Å². The van der Waals surface area contributed by atoms with Gasteiger partial charge in [-0.2, -0.15) is 0 Å². The average Bonchev–Trinajstić information content (AvgIpc) is 2.96. The number of carbonyl (C=O) groups excluding carboxylic acids is 1. The van der Waals surface area contributed by atoms with E-state index in [1.807, 2.05) is 20.8 Å². The number of benzene rings is 1. The Morgan fingerprint density at radius 1 is 1.39 bits per heavy atom. The number of halogens is 1. The number of amides is 1. The summed E-state index contributed by atoms with van der Waals surface area (Å²) >= 11 is 7.56. The lowest BCUT2D eigenvalue weighted by atomic mass is 10.2. The summed E-state index contributed by atoms with van der Waals surface area (Å²) in [4.78, 5) is 12.3. The molecule has 2 rings (SSSR count). The Labute approximate surface area is 143 Å². The van der Waals surface area contributed by atoms with Crippen molar-refractivity contribution < 1.29 is 14.3 Å². The molecule has 6 nitrogen and oxygen atoms in total. The number of hydrogen-bond donors (Lipinski definition) is 1. The SMILES string of the molecule is CCc1nnc(NC(=O)c2cc(Cl)c(OC(C)C)c(OC)c2)s1. The number of anilines is 1. The van der Waals surface area contributed by atoms with Crippen molar-refractivity contribution in [2.45, 2.75) is 33.3 Å². The van der Waals surface area contributed by atoms with E-state index in [-0.39, 0.29) is 12.0 Å². The molecule has 8 heteroatoms. The molecule has 1 aromatic carbocycles. The van der Waals surface area contributed by atoms with Crippen molar-refractivity contribution in [2.24, 2.45) is 0 Å². The number of aryl methyl sites for hydroxylation is 1. The van der Waals surface area contributed by atoms with Crippen LogP contribution in [0.2, 0.25) is 5.02 Å². The van der Waals surface area contributed by atoms with E-state index in [1.165, 1.54) is 18.4 Å². The van der Waals surface area contributed by atoms with Crippen LogP contribution >= 0.6 is 22.9 Å². The molecule has 0 aliphatic rings. The van der Waals surface area contributed by atoms with Gasteiger partial charge in [0.1, 0.15) is 5.01 Å². The van der Waals surface area contributed by atoms with E-state index in [1.54, 1.807) is 12.1 Å². The van der Waals surface area contributed by atoms with E-state index in [0.717, 1.165) is 11.4 Å². The van der Waals surface area contributed by atoms with E-state index < -0.39 is 0 Å². The summed E-state index contributed by atoms with van der Waals surface area (Å²) < 4.78 is 10.9. The number of hydrogen-bond acceptors (Lipinski definition) is 6. The maximum atomic E-state index is 12.3. The molecular weight excluding hydrogens is 338 g/mol. The van der Waals surface area contributed by atoms with Crippen molar-refractivity contribution in [1.29, 1.82) is 0 Å². The molecule has 1 amide bonds. The quantitative estimate of drug-likeness (QED) is 0.853. The number of rotatable bonds is 6. The molecule has 1 heterocycles. The minimum Gasteiger partial charge on any atom is -0.493 e. The Morgan fingerprint density at radius 3 is 2.70 bits per heavy atom. The number of nitrogens with zero attached hydrogens (tertiary/aromatic N) is 2. The number of methoxy groups -OCH3 is 1. The second-order valence-electron chi connectivity index (χ2n) is 4.96. The smallest absolute Gasteiger partial charge is 0.257 e. The highest BCUT2D eigenvalue weighted by molar-refractivity contribution is 7.15. The van der Waals surface area contributed by atoms with Crippen molar-refractivity contribution in [2.75, 3.05) is 12.4 Å². The molecule has 0 aliphatic carbocycles. The van der Waals surface area contributed by atoms with Gasteiger partial charge in [-0.25, -0.2) is 0 Å². The predicted molar refractivity (Wildman–Crippen MR) is 91.0 cm³/mol. The zero-order chi connectivity index (χ0) is 17.0. The van der Waals surface area contributed by atoms with Gasteiger partial charge in [0, 0.05) is 5.56 Å². The van der Waals surface area contributed by atoms with Gasteiger partial charge in [-0.15, -0.1) is 10.2 Å². The molecule has 0 bridgehead atoms. The highest BCUT2D eigenvalue weighted by atomic mass is 35.5. The number of ether oxygens (including phenoxy) is 2. The Morgan fingerprint density at radius 2 is 2.13 bits per heavy atom. The molecule has 0 aliphatic heterocycles. The Bertz CT molecular complexity index is 703. The molecule has 1 N–H and O–H groups in total. The van der Waals surface area contributed by atoms with Crippen LogP contribution in [-0.2, 0) is 6.42 Å². The van der Waals surface area contributed by atoms with Gasteiger partial charge in [-0.3, -0.25) is 10.1 Å². The fourth-order valence-corrected chi connectivity index (χ4v) is 2.75. The van der Waals surface area contributed by atoms with Crippen LogP contribution in [0.15, 0.2) is 12.1 Å². The van der Waals surface area contributed by atoms with Gasteiger partial charge in [-0.1, -0.05) is 29.9 Å². The number of nitrogens with one attached hydrogen (secondary N) is 1. The van der Waals surface area contributed by atoms with Crippen molar-refractivity contribution in [1.82, 2.24) is 10.2 Å². The van der Waals surface area contributed by atoms with Crippen LogP contribution in [0.1, 0.15) is 36.1 Å². The van der Waals surface area contributed by atoms with Crippen LogP contribution in [0.25, 0.3) is 0 Å². The van der Waals surface area contributed by atoms with E-state index in [4.69, 9.17) is 21.1 Å². The lowest BCUT2D eigenvalue weighted by Gasteiger charge is -2.16. The van der Waals surface area contributed by atoms with E-state index >= 15 is 0 Å². The van der Waals surface area contributed by atoms with Gasteiger partial charge in [0.2, 0.25) is 5.13 Å². The van der Waals surface area contributed by atoms with E-state index in [0.29, 0.717) is 27.2 Å². The average molecular weight is 356 g/mol. The molecule has 0 fully saturated rings. The van der Waals surface area contributed by atoms with E-state index in [2.05, 4.69) is 15.5 Å². The first-order valence-corrected chi connectivity index (χ1v) is 8.32. The van der Waals surface area contributed by atoms with Crippen molar-refractivity contribution in [3.8, 4) is 11.5 Å². The monoisotopic (exact) mass is 355 g/mol. The predicted octanol–water partition coefficient (Wildman–Crippen LogP) is 3.80. The highest BCUT2D eigenvalue weighted by Crippen LogP contribution is 2.37. The van der Waals surface area contributed by atoms with Gasteiger partial charge >= 0.3 is 0 Å². The van der Waals surface area contributed by atoms with Gasteiger partial charge in [0.05, 0.1) is 18.2 Å². The van der Waals surface area contributed by atoms with Crippen LogP contribution in [0.5, 0.6) is 11.5 Å². The maximum absolute atomic E-state index is 12.3. The molecule has 23 heavy (non-hydrogen) atoms. The Kier molecular flexibility index (Phi) is 5.79. The van der Waals surface area contributed by atoms with E-state index in [9.17, 15) is 4.79 Å². The fraction of sp³-hybridized carbons (Fsp3) is 0.400. The fourth-order valence-electron chi connectivity index (χ4n) is 1.82. The second kappa shape index (κ2) is 7.61. The first-order valence-electron chi connectivity index (χ1n) is 7.12. The molecule has 0 radical (unpaired) electrons. The summed E-state index contributed by atoms with van der Waals surface area (Å²) in [6, 6.07) is 3.12. The van der Waals surface area contributed by atoms with Gasteiger partial charge in [0.15, 0.2) is 11.5 Å². The number of aromatic nitrogens is 2. The lowest BCUT2D eigenvalue weighted by molar-refractivity contribution is 0.102. The lowest BCUT2D eigenvalue weighted by Crippen LogP contribution is -2.13. The molecule has 0 saturated carbocycles. The molecular formula is C15H18ClN3O3S. The van der Waals surface area contributed by atoms with Crippen LogP contribution in [0.3, 0.4) is 0 Å². The zero-order valence-electron chi connectivity index (χ0n) is 13.3. The summed E-state index contributed by atoms with van der Waals surface area (Å²) in [5.74, 6) is 0.493. The molecule has 124 valence electrons. The molecule has 0 spiro atoms. The first kappa shape index (κ1) is 17.5. The van der Waals surface area contributed by atoms with Gasteiger partial charge in [0.25, 0.3) is 5.91 Å². The van der Waals surface area contributed by atoms with Gasteiger partial charge < -0.3 is 9.47 Å². The number of carbonyl (C=O) groups is 1. The highest BCUT2D eigenvalue weighted by Gasteiger charge is 2.18. The van der Waals surface area contributed by atoms with Crippen molar-refractivity contribution in [3.05, 3.63) is 27.7 Å². The normalized spacial score (nSPS) is 10.7. The molecule has 2 aromatic rings. The van der Waals surface area contributed by atoms with Crippen molar-refractivity contribution >= 4 is 34.0 Å².